The van der Waals surface area contributed by atoms with Crippen molar-refractivity contribution in [2.45, 2.75) is 11.8 Å². The van der Waals surface area contributed by atoms with Crippen molar-refractivity contribution in [3.63, 3.8) is 0 Å². The van der Waals surface area contributed by atoms with Gasteiger partial charge in [-0.1, -0.05) is 46.3 Å². The fraction of sp³-hybridized carbons (Fsp3) is 0.0909. The zero-order valence-corrected chi connectivity index (χ0v) is 21.1. The van der Waals surface area contributed by atoms with E-state index in [0.29, 0.717) is 11.4 Å². The molecule has 0 saturated carbocycles. The van der Waals surface area contributed by atoms with E-state index >= 15 is 0 Å². The van der Waals surface area contributed by atoms with Gasteiger partial charge >= 0.3 is 0 Å². The minimum atomic E-state index is -3.94. The number of carbonyl (C=O) groups excluding carboxylic acids is 1. The topological polar surface area (TPSA) is 78.8 Å². The molecule has 6 nitrogen and oxygen atoms in total. The molecule has 0 heterocycles. The van der Waals surface area contributed by atoms with Crippen molar-refractivity contribution in [1.82, 2.24) is 5.43 Å². The molecule has 3 rings (SSSR count). The first-order chi connectivity index (χ1) is 14.8. The van der Waals surface area contributed by atoms with Gasteiger partial charge in [-0.25, -0.2) is 13.8 Å². The number of nitrogens with zero attached hydrogens (tertiary/aromatic N) is 2. The third-order valence-electron chi connectivity index (χ3n) is 4.34. The predicted molar refractivity (Wildman–Crippen MR) is 135 cm³/mol. The summed E-state index contributed by atoms with van der Waals surface area (Å²) in [7, 11) is -3.94. The van der Waals surface area contributed by atoms with E-state index in [0.717, 1.165) is 17.9 Å². The second-order valence-corrected chi connectivity index (χ2v) is 10.6. The van der Waals surface area contributed by atoms with Gasteiger partial charge in [0.25, 0.3) is 15.9 Å². The number of halogens is 2. The lowest BCUT2D eigenvalue weighted by atomic mass is 10.1. The Morgan fingerprint density at radius 2 is 1.61 bits per heavy atom. The Balaban J connectivity index is 1.84. The van der Waals surface area contributed by atoms with Crippen LogP contribution in [0.1, 0.15) is 12.5 Å². The molecule has 0 spiro atoms. The number of sulfonamides is 1. The van der Waals surface area contributed by atoms with E-state index in [4.69, 9.17) is 0 Å². The highest BCUT2D eigenvalue weighted by Crippen LogP contribution is 2.24. The van der Waals surface area contributed by atoms with Crippen molar-refractivity contribution in [1.29, 1.82) is 0 Å². The van der Waals surface area contributed by atoms with Gasteiger partial charge in [0.1, 0.15) is 6.54 Å². The minimum Gasteiger partial charge on any atom is -0.271 e. The zero-order valence-electron chi connectivity index (χ0n) is 16.5. The van der Waals surface area contributed by atoms with Crippen LogP contribution in [-0.2, 0) is 14.8 Å². The maximum atomic E-state index is 13.2. The smallest absolute Gasteiger partial charge is 0.264 e. The highest BCUT2D eigenvalue weighted by atomic mass is 127. The minimum absolute atomic E-state index is 0.107. The monoisotopic (exact) mass is 611 g/mol. The Kier molecular flexibility index (Phi) is 7.84. The number of hydrogen-bond acceptors (Lipinski definition) is 4. The van der Waals surface area contributed by atoms with Crippen LogP contribution in [0.3, 0.4) is 0 Å². The van der Waals surface area contributed by atoms with Crippen LogP contribution in [0.2, 0.25) is 0 Å². The molecule has 0 radical (unpaired) electrons. The predicted octanol–water partition coefficient (Wildman–Crippen LogP) is 4.79. The van der Waals surface area contributed by atoms with Gasteiger partial charge in [0.05, 0.1) is 16.3 Å². The Morgan fingerprint density at radius 3 is 2.23 bits per heavy atom. The molecule has 3 aromatic carbocycles. The molecule has 0 aromatic heterocycles. The van der Waals surface area contributed by atoms with Gasteiger partial charge in [-0.05, 0) is 83.6 Å². The van der Waals surface area contributed by atoms with Crippen LogP contribution < -0.4 is 9.73 Å². The zero-order chi connectivity index (χ0) is 22.4. The summed E-state index contributed by atoms with van der Waals surface area (Å²) in [6, 6.07) is 22.4. The molecule has 0 aliphatic heterocycles. The Bertz CT molecular complexity index is 1180. The maximum absolute atomic E-state index is 13.2. The summed E-state index contributed by atoms with van der Waals surface area (Å²) in [6.07, 6.45) is 0. The number of rotatable bonds is 7. The number of benzene rings is 3. The Morgan fingerprint density at radius 1 is 1.00 bits per heavy atom. The van der Waals surface area contributed by atoms with Crippen molar-refractivity contribution >= 4 is 65.9 Å². The molecule has 1 amide bonds. The van der Waals surface area contributed by atoms with E-state index in [1.165, 1.54) is 12.1 Å². The van der Waals surface area contributed by atoms with Gasteiger partial charge in [-0.15, -0.1) is 0 Å². The Labute approximate surface area is 203 Å². The lowest BCUT2D eigenvalue weighted by Gasteiger charge is -2.23. The summed E-state index contributed by atoms with van der Waals surface area (Å²) < 4.78 is 29.5. The molecular weight excluding hydrogens is 593 g/mol. The van der Waals surface area contributed by atoms with Crippen molar-refractivity contribution in [2.24, 2.45) is 5.10 Å². The average Bonchev–Trinajstić information content (AvgIpc) is 2.77. The number of hydrazone groups is 1. The van der Waals surface area contributed by atoms with E-state index in [-0.39, 0.29) is 4.90 Å². The molecule has 9 heteroatoms. The second kappa shape index (κ2) is 10.4. The normalized spacial score (nSPS) is 11.8. The summed E-state index contributed by atoms with van der Waals surface area (Å²) in [5.74, 6) is -0.547. The molecule has 0 unspecified atom stereocenters. The molecule has 0 fully saturated rings. The fourth-order valence-corrected chi connectivity index (χ4v) is 4.78. The molecule has 160 valence electrons. The first-order valence-electron chi connectivity index (χ1n) is 9.20. The maximum Gasteiger partial charge on any atom is 0.264 e. The van der Waals surface area contributed by atoms with E-state index in [9.17, 15) is 13.2 Å². The van der Waals surface area contributed by atoms with Crippen LogP contribution in [0.4, 0.5) is 5.69 Å². The van der Waals surface area contributed by atoms with Crippen LogP contribution in [0, 0.1) is 3.57 Å². The van der Waals surface area contributed by atoms with Gasteiger partial charge in [0.15, 0.2) is 0 Å². The van der Waals surface area contributed by atoms with Crippen LogP contribution in [0.15, 0.2) is 93.3 Å². The molecule has 0 bridgehead atoms. The largest absolute Gasteiger partial charge is 0.271 e. The fourth-order valence-electron chi connectivity index (χ4n) is 2.71. The van der Waals surface area contributed by atoms with Crippen LogP contribution in [-0.4, -0.2) is 26.6 Å². The first-order valence-corrected chi connectivity index (χ1v) is 12.5. The van der Waals surface area contributed by atoms with Crippen molar-refractivity contribution < 1.29 is 13.2 Å². The quantitative estimate of drug-likeness (QED) is 0.237. The SMILES string of the molecule is C/C(=N/NC(=O)CN(c1ccc(I)cc1)S(=O)(=O)c1ccccc1)c1ccc(Br)cc1. The second-order valence-electron chi connectivity index (χ2n) is 6.54. The number of hydrogen-bond donors (Lipinski definition) is 1. The molecule has 1 N–H and O–H groups in total. The highest BCUT2D eigenvalue weighted by molar-refractivity contribution is 14.1. The summed E-state index contributed by atoms with van der Waals surface area (Å²) >= 11 is 5.51. The summed E-state index contributed by atoms with van der Waals surface area (Å²) in [6.45, 7) is 1.36. The van der Waals surface area contributed by atoms with E-state index < -0.39 is 22.5 Å². The standard InChI is InChI=1S/C22H19BrIN3O3S/c1-16(17-7-9-18(23)10-8-17)25-26-22(28)15-27(20-13-11-19(24)12-14-20)31(29,30)21-5-3-2-4-6-21/h2-14H,15H2,1H3,(H,26,28)/b25-16-. The number of anilines is 1. The number of nitrogens with one attached hydrogen (secondary N) is 1. The average molecular weight is 612 g/mol. The molecule has 0 aliphatic rings. The van der Waals surface area contributed by atoms with Crippen molar-refractivity contribution in [3.05, 3.63) is 92.5 Å². The summed E-state index contributed by atoms with van der Waals surface area (Å²) in [5, 5.41) is 4.12. The lowest BCUT2D eigenvalue weighted by molar-refractivity contribution is -0.119. The summed E-state index contributed by atoms with van der Waals surface area (Å²) in [5.41, 5.74) is 4.30. The molecule has 0 aliphatic carbocycles. The third kappa shape index (κ3) is 6.14. The lowest BCUT2D eigenvalue weighted by Crippen LogP contribution is -2.39. The van der Waals surface area contributed by atoms with Crippen LogP contribution in [0.25, 0.3) is 0 Å². The van der Waals surface area contributed by atoms with Gasteiger partial charge in [0.2, 0.25) is 0 Å². The first kappa shape index (κ1) is 23.4. The number of carbonyl (C=O) groups is 1. The van der Waals surface area contributed by atoms with Gasteiger partial charge in [0, 0.05) is 8.04 Å². The van der Waals surface area contributed by atoms with E-state index in [2.05, 4.69) is 49.0 Å². The molecule has 31 heavy (non-hydrogen) atoms. The van der Waals surface area contributed by atoms with Gasteiger partial charge in [-0.3, -0.25) is 9.10 Å². The molecule has 3 aromatic rings. The molecule has 0 saturated heterocycles. The van der Waals surface area contributed by atoms with Crippen molar-refractivity contribution in [2.75, 3.05) is 10.8 Å². The van der Waals surface area contributed by atoms with Gasteiger partial charge < -0.3 is 0 Å². The van der Waals surface area contributed by atoms with Crippen LogP contribution in [0.5, 0.6) is 0 Å². The highest BCUT2D eigenvalue weighted by Gasteiger charge is 2.27. The van der Waals surface area contributed by atoms with Crippen LogP contribution >= 0.6 is 38.5 Å². The number of amides is 1. The van der Waals surface area contributed by atoms with E-state index in [1.807, 2.05) is 24.3 Å². The third-order valence-corrected chi connectivity index (χ3v) is 7.38. The molecule has 0 atom stereocenters. The van der Waals surface area contributed by atoms with Crippen molar-refractivity contribution in [3.8, 4) is 0 Å². The van der Waals surface area contributed by atoms with Gasteiger partial charge in [-0.2, -0.15) is 5.10 Å². The summed E-state index contributed by atoms with van der Waals surface area (Å²) in [4.78, 5) is 12.7. The van der Waals surface area contributed by atoms with E-state index in [1.54, 1.807) is 49.4 Å². The Hall–Kier alpha value is -2.24. The molecular formula is C22H19BrIN3O3S.